The summed E-state index contributed by atoms with van der Waals surface area (Å²) < 4.78 is 0. The van der Waals surface area contributed by atoms with Gasteiger partial charge in [0.1, 0.15) is 0 Å². The summed E-state index contributed by atoms with van der Waals surface area (Å²) in [6, 6.07) is 0.460. The number of thioether (sulfide) groups is 1. The van der Waals surface area contributed by atoms with Crippen LogP contribution in [0, 0.1) is 5.92 Å². The molecule has 78 valence electrons. The normalized spacial score (nSPS) is 36.2. The zero-order valence-electron chi connectivity index (χ0n) is 8.11. The highest BCUT2D eigenvalue weighted by molar-refractivity contribution is 7.99. The van der Waals surface area contributed by atoms with Crippen molar-refractivity contribution in [3.8, 4) is 0 Å². The van der Waals surface area contributed by atoms with E-state index in [-0.39, 0.29) is 17.9 Å². The Balaban J connectivity index is 1.80. The van der Waals surface area contributed by atoms with Gasteiger partial charge >= 0.3 is 0 Å². The van der Waals surface area contributed by atoms with Gasteiger partial charge in [0.25, 0.3) is 0 Å². The fourth-order valence-electron chi connectivity index (χ4n) is 1.88. The topological polar surface area (TPSA) is 55.1 Å². The van der Waals surface area contributed by atoms with E-state index in [0.717, 1.165) is 18.6 Å². The van der Waals surface area contributed by atoms with E-state index < -0.39 is 0 Å². The van der Waals surface area contributed by atoms with Gasteiger partial charge in [-0.1, -0.05) is 12.2 Å². The van der Waals surface area contributed by atoms with Crippen molar-refractivity contribution < 1.29 is 4.79 Å². The lowest BCUT2D eigenvalue weighted by Gasteiger charge is -2.14. The Morgan fingerprint density at radius 2 is 2.36 bits per heavy atom. The number of amides is 1. The molecule has 3 N–H and O–H groups in total. The van der Waals surface area contributed by atoms with Crippen molar-refractivity contribution in [1.29, 1.82) is 0 Å². The zero-order chi connectivity index (χ0) is 9.97. The Labute approximate surface area is 88.5 Å². The second-order valence-electron chi connectivity index (χ2n) is 3.96. The lowest BCUT2D eigenvalue weighted by atomic mass is 10.1. The van der Waals surface area contributed by atoms with Gasteiger partial charge in [0, 0.05) is 17.8 Å². The van der Waals surface area contributed by atoms with Crippen molar-refractivity contribution in [3.63, 3.8) is 0 Å². The Hall–Kier alpha value is -0.480. The second-order valence-corrected chi connectivity index (χ2v) is 5.11. The molecule has 0 aromatic heterocycles. The van der Waals surface area contributed by atoms with Gasteiger partial charge in [0.15, 0.2) is 0 Å². The van der Waals surface area contributed by atoms with Crippen LogP contribution in [0.15, 0.2) is 12.2 Å². The monoisotopic (exact) mass is 212 g/mol. The summed E-state index contributed by atoms with van der Waals surface area (Å²) in [5, 5.41) is 3.07. The zero-order valence-corrected chi connectivity index (χ0v) is 8.93. The predicted octanol–water partition coefficient (Wildman–Crippen LogP) is 0.511. The third-order valence-corrected chi connectivity index (χ3v) is 3.89. The van der Waals surface area contributed by atoms with Crippen molar-refractivity contribution in [2.45, 2.75) is 24.9 Å². The van der Waals surface area contributed by atoms with Crippen LogP contribution < -0.4 is 11.1 Å². The Kier molecular flexibility index (Phi) is 3.13. The van der Waals surface area contributed by atoms with Gasteiger partial charge in [-0.05, 0) is 18.6 Å². The van der Waals surface area contributed by atoms with Gasteiger partial charge in [-0.25, -0.2) is 0 Å². The average molecular weight is 212 g/mol. The molecule has 3 unspecified atom stereocenters. The summed E-state index contributed by atoms with van der Waals surface area (Å²) >= 11 is 1.91. The summed E-state index contributed by atoms with van der Waals surface area (Å²) in [5.41, 5.74) is 5.70. The number of hydrogen-bond donors (Lipinski definition) is 2. The highest BCUT2D eigenvalue weighted by Gasteiger charge is 2.25. The average Bonchev–Trinajstić information content (AvgIpc) is 2.75. The minimum atomic E-state index is 0.00981. The SMILES string of the molecule is NC1C=CC(C(=O)NC2CCSC2)C1. The molecule has 14 heavy (non-hydrogen) atoms. The van der Waals surface area contributed by atoms with Crippen LogP contribution in [0.2, 0.25) is 0 Å². The van der Waals surface area contributed by atoms with Gasteiger partial charge in [-0.2, -0.15) is 11.8 Å². The third kappa shape index (κ3) is 2.30. The lowest BCUT2D eigenvalue weighted by Crippen LogP contribution is -2.38. The maximum absolute atomic E-state index is 11.7. The second kappa shape index (κ2) is 4.36. The molecule has 1 aliphatic heterocycles. The van der Waals surface area contributed by atoms with Crippen LogP contribution in [0.4, 0.5) is 0 Å². The number of carbonyl (C=O) groups is 1. The van der Waals surface area contributed by atoms with Gasteiger partial charge < -0.3 is 11.1 Å². The molecule has 1 amide bonds. The summed E-state index contributed by atoms with van der Waals surface area (Å²) in [4.78, 5) is 11.7. The molecule has 0 aromatic rings. The quantitative estimate of drug-likeness (QED) is 0.656. The summed E-state index contributed by atoms with van der Waals surface area (Å²) in [6.45, 7) is 0. The number of hydrogen-bond acceptors (Lipinski definition) is 3. The van der Waals surface area contributed by atoms with E-state index in [9.17, 15) is 4.79 Å². The fraction of sp³-hybridized carbons (Fsp3) is 0.700. The van der Waals surface area contributed by atoms with Crippen molar-refractivity contribution in [2.75, 3.05) is 11.5 Å². The first kappa shape index (κ1) is 10.1. The van der Waals surface area contributed by atoms with E-state index in [4.69, 9.17) is 5.73 Å². The Morgan fingerprint density at radius 1 is 1.50 bits per heavy atom. The minimum absolute atomic E-state index is 0.00981. The fourth-order valence-corrected chi connectivity index (χ4v) is 3.03. The van der Waals surface area contributed by atoms with Crippen LogP contribution in [0.3, 0.4) is 0 Å². The van der Waals surface area contributed by atoms with Crippen molar-refractivity contribution in [2.24, 2.45) is 11.7 Å². The van der Waals surface area contributed by atoms with E-state index in [0.29, 0.717) is 6.04 Å². The van der Waals surface area contributed by atoms with E-state index in [1.807, 2.05) is 23.9 Å². The molecule has 1 aliphatic carbocycles. The van der Waals surface area contributed by atoms with Gasteiger partial charge in [-0.3, -0.25) is 4.79 Å². The van der Waals surface area contributed by atoms with Gasteiger partial charge in [-0.15, -0.1) is 0 Å². The first-order valence-corrected chi connectivity index (χ1v) is 6.23. The van der Waals surface area contributed by atoms with Crippen LogP contribution in [-0.2, 0) is 4.79 Å². The molecule has 3 atom stereocenters. The number of nitrogens with two attached hydrogens (primary N) is 1. The smallest absolute Gasteiger partial charge is 0.227 e. The molecule has 3 nitrogen and oxygen atoms in total. The molecular weight excluding hydrogens is 196 g/mol. The maximum atomic E-state index is 11.7. The predicted molar refractivity (Wildman–Crippen MR) is 59.1 cm³/mol. The summed E-state index contributed by atoms with van der Waals surface area (Å²) in [7, 11) is 0. The molecule has 0 saturated carbocycles. The van der Waals surface area contributed by atoms with Crippen molar-refractivity contribution >= 4 is 17.7 Å². The molecule has 0 aromatic carbocycles. The lowest BCUT2D eigenvalue weighted by molar-refractivity contribution is -0.124. The number of nitrogens with one attached hydrogen (secondary N) is 1. The first-order valence-electron chi connectivity index (χ1n) is 5.08. The molecule has 0 bridgehead atoms. The van der Waals surface area contributed by atoms with E-state index in [1.54, 1.807) is 0 Å². The third-order valence-electron chi connectivity index (χ3n) is 2.73. The molecule has 4 heteroatoms. The highest BCUT2D eigenvalue weighted by atomic mass is 32.2. The molecule has 1 saturated heterocycles. The molecule has 1 heterocycles. The van der Waals surface area contributed by atoms with E-state index in [1.165, 1.54) is 5.75 Å². The van der Waals surface area contributed by atoms with Crippen molar-refractivity contribution in [1.82, 2.24) is 5.32 Å². The molecule has 0 radical (unpaired) electrons. The van der Waals surface area contributed by atoms with Crippen molar-refractivity contribution in [3.05, 3.63) is 12.2 Å². The summed E-state index contributed by atoms with van der Waals surface area (Å²) in [6.07, 6.45) is 5.74. The number of rotatable bonds is 2. The van der Waals surface area contributed by atoms with E-state index in [2.05, 4.69) is 5.32 Å². The molecule has 1 fully saturated rings. The van der Waals surface area contributed by atoms with Gasteiger partial charge in [0.05, 0.1) is 5.92 Å². The maximum Gasteiger partial charge on any atom is 0.227 e. The molecule has 0 spiro atoms. The molecular formula is C10H16N2OS. The summed E-state index contributed by atoms with van der Waals surface area (Å²) in [5.74, 6) is 2.40. The van der Waals surface area contributed by atoms with E-state index >= 15 is 0 Å². The minimum Gasteiger partial charge on any atom is -0.352 e. The van der Waals surface area contributed by atoms with Crippen LogP contribution in [0.1, 0.15) is 12.8 Å². The van der Waals surface area contributed by atoms with Crippen LogP contribution in [0.25, 0.3) is 0 Å². The number of carbonyl (C=O) groups excluding carboxylic acids is 1. The van der Waals surface area contributed by atoms with Crippen LogP contribution >= 0.6 is 11.8 Å². The Bertz CT molecular complexity index is 249. The Morgan fingerprint density at radius 3 is 2.93 bits per heavy atom. The first-order chi connectivity index (χ1) is 6.75. The van der Waals surface area contributed by atoms with Crippen LogP contribution in [0.5, 0.6) is 0 Å². The van der Waals surface area contributed by atoms with Crippen LogP contribution in [-0.4, -0.2) is 29.5 Å². The molecule has 2 rings (SSSR count). The molecule has 2 aliphatic rings. The standard InChI is InChI=1S/C10H16N2OS/c11-8-2-1-7(5-8)10(13)12-9-3-4-14-6-9/h1-2,7-9H,3-6,11H2,(H,12,13). The highest BCUT2D eigenvalue weighted by Crippen LogP contribution is 2.20. The largest absolute Gasteiger partial charge is 0.352 e. The van der Waals surface area contributed by atoms with Gasteiger partial charge in [0.2, 0.25) is 5.91 Å².